The summed E-state index contributed by atoms with van der Waals surface area (Å²) in [6, 6.07) is 5.26. The number of benzene rings is 1. The molecule has 2 rings (SSSR count). The molecule has 0 saturated carbocycles. The van der Waals surface area contributed by atoms with E-state index >= 15 is 0 Å². The molecule has 1 aromatic carbocycles. The van der Waals surface area contributed by atoms with E-state index in [0.29, 0.717) is 30.0 Å². The fourth-order valence-electron chi connectivity index (χ4n) is 1.59. The normalized spacial score (nSPS) is 14.9. The summed E-state index contributed by atoms with van der Waals surface area (Å²) in [5.74, 6) is 1.64. The highest BCUT2D eigenvalue weighted by atomic mass is 16.7. The standard InChI is InChI=1S/C12H15NO3/c1-8(6-13)4-10(14)9-2-3-11-12(5-9)16-7-15-11/h2-3,5,8H,4,6-7,13H2,1H3. The lowest BCUT2D eigenvalue weighted by Crippen LogP contribution is -2.15. The number of rotatable bonds is 4. The van der Waals surface area contributed by atoms with Gasteiger partial charge in [-0.3, -0.25) is 4.79 Å². The van der Waals surface area contributed by atoms with Crippen LogP contribution in [0.2, 0.25) is 0 Å². The Balaban J connectivity index is 2.12. The van der Waals surface area contributed by atoms with Gasteiger partial charge in [0.15, 0.2) is 17.3 Å². The van der Waals surface area contributed by atoms with Crippen molar-refractivity contribution in [2.24, 2.45) is 11.7 Å². The van der Waals surface area contributed by atoms with E-state index in [1.54, 1.807) is 18.2 Å². The second-order valence-corrected chi connectivity index (χ2v) is 4.04. The van der Waals surface area contributed by atoms with Gasteiger partial charge in [0.05, 0.1) is 0 Å². The highest BCUT2D eigenvalue weighted by Crippen LogP contribution is 2.32. The first-order valence-corrected chi connectivity index (χ1v) is 5.33. The van der Waals surface area contributed by atoms with Crippen LogP contribution in [0, 0.1) is 5.92 Å². The summed E-state index contributed by atoms with van der Waals surface area (Å²) in [5, 5.41) is 0. The van der Waals surface area contributed by atoms with E-state index in [0.717, 1.165) is 0 Å². The largest absolute Gasteiger partial charge is 0.454 e. The molecule has 0 aliphatic carbocycles. The van der Waals surface area contributed by atoms with Crippen molar-refractivity contribution in [3.63, 3.8) is 0 Å². The minimum atomic E-state index is 0.0938. The van der Waals surface area contributed by atoms with Crippen molar-refractivity contribution in [3.8, 4) is 11.5 Å². The van der Waals surface area contributed by atoms with E-state index in [4.69, 9.17) is 15.2 Å². The summed E-state index contributed by atoms with van der Waals surface area (Å²) in [6.07, 6.45) is 0.468. The monoisotopic (exact) mass is 221 g/mol. The smallest absolute Gasteiger partial charge is 0.231 e. The first kappa shape index (κ1) is 11.0. The summed E-state index contributed by atoms with van der Waals surface area (Å²) >= 11 is 0. The highest BCUT2D eigenvalue weighted by molar-refractivity contribution is 5.96. The molecule has 1 atom stereocenters. The van der Waals surface area contributed by atoms with E-state index < -0.39 is 0 Å². The summed E-state index contributed by atoms with van der Waals surface area (Å²) in [5.41, 5.74) is 6.15. The molecule has 0 radical (unpaired) electrons. The minimum absolute atomic E-state index is 0.0938. The van der Waals surface area contributed by atoms with Crippen molar-refractivity contribution < 1.29 is 14.3 Å². The van der Waals surface area contributed by atoms with Crippen molar-refractivity contribution in [2.75, 3.05) is 13.3 Å². The number of hydrogen-bond donors (Lipinski definition) is 1. The molecule has 2 N–H and O–H groups in total. The fraction of sp³-hybridized carbons (Fsp3) is 0.417. The molecule has 0 fully saturated rings. The molecule has 1 heterocycles. The molecule has 1 aliphatic rings. The predicted molar refractivity (Wildman–Crippen MR) is 59.7 cm³/mol. The van der Waals surface area contributed by atoms with Crippen LogP contribution in [0.1, 0.15) is 23.7 Å². The Labute approximate surface area is 94.3 Å². The molecular weight excluding hydrogens is 206 g/mol. The average molecular weight is 221 g/mol. The van der Waals surface area contributed by atoms with Crippen LogP contribution >= 0.6 is 0 Å². The molecule has 0 spiro atoms. The number of hydrogen-bond acceptors (Lipinski definition) is 4. The fourth-order valence-corrected chi connectivity index (χ4v) is 1.59. The van der Waals surface area contributed by atoms with Crippen LogP contribution in [0.5, 0.6) is 11.5 Å². The zero-order valence-electron chi connectivity index (χ0n) is 9.23. The second kappa shape index (κ2) is 4.53. The first-order valence-electron chi connectivity index (χ1n) is 5.33. The molecule has 16 heavy (non-hydrogen) atoms. The van der Waals surface area contributed by atoms with Gasteiger partial charge in [0, 0.05) is 12.0 Å². The van der Waals surface area contributed by atoms with Crippen LogP contribution in [0.25, 0.3) is 0 Å². The Morgan fingerprint density at radius 2 is 2.19 bits per heavy atom. The molecule has 1 unspecified atom stereocenters. The summed E-state index contributed by atoms with van der Waals surface area (Å²) in [7, 11) is 0. The molecule has 1 aliphatic heterocycles. The summed E-state index contributed by atoms with van der Waals surface area (Å²) in [6.45, 7) is 2.72. The zero-order chi connectivity index (χ0) is 11.5. The van der Waals surface area contributed by atoms with E-state index in [1.807, 2.05) is 6.92 Å². The van der Waals surface area contributed by atoms with Gasteiger partial charge in [0.2, 0.25) is 6.79 Å². The molecular formula is C12H15NO3. The van der Waals surface area contributed by atoms with Crippen LogP contribution in [0.4, 0.5) is 0 Å². The number of fused-ring (bicyclic) bond motifs is 1. The van der Waals surface area contributed by atoms with Gasteiger partial charge >= 0.3 is 0 Å². The molecule has 4 heteroatoms. The summed E-state index contributed by atoms with van der Waals surface area (Å²) < 4.78 is 10.4. The van der Waals surface area contributed by atoms with Gasteiger partial charge in [-0.2, -0.15) is 0 Å². The Morgan fingerprint density at radius 3 is 2.94 bits per heavy atom. The highest BCUT2D eigenvalue weighted by Gasteiger charge is 2.17. The van der Waals surface area contributed by atoms with Gasteiger partial charge in [0.25, 0.3) is 0 Å². The van der Waals surface area contributed by atoms with Crippen molar-refractivity contribution in [1.82, 2.24) is 0 Å². The first-order chi connectivity index (χ1) is 7.70. The Morgan fingerprint density at radius 1 is 1.44 bits per heavy atom. The third-order valence-corrected chi connectivity index (χ3v) is 2.63. The third-order valence-electron chi connectivity index (χ3n) is 2.63. The number of ether oxygens (including phenoxy) is 2. The Hall–Kier alpha value is -1.55. The van der Waals surface area contributed by atoms with Gasteiger partial charge in [-0.05, 0) is 30.7 Å². The van der Waals surface area contributed by atoms with Gasteiger partial charge in [-0.25, -0.2) is 0 Å². The lowest BCUT2D eigenvalue weighted by atomic mass is 10.00. The molecule has 0 bridgehead atoms. The van der Waals surface area contributed by atoms with Crippen molar-refractivity contribution in [3.05, 3.63) is 23.8 Å². The lowest BCUT2D eigenvalue weighted by Gasteiger charge is -2.07. The Kier molecular flexibility index (Phi) is 3.10. The molecule has 4 nitrogen and oxygen atoms in total. The lowest BCUT2D eigenvalue weighted by molar-refractivity contribution is 0.0965. The maximum Gasteiger partial charge on any atom is 0.231 e. The van der Waals surface area contributed by atoms with Gasteiger partial charge in [0.1, 0.15) is 0 Å². The number of nitrogens with two attached hydrogens (primary N) is 1. The number of carbonyl (C=O) groups is 1. The topological polar surface area (TPSA) is 61.6 Å². The van der Waals surface area contributed by atoms with Crippen LogP contribution in [0.15, 0.2) is 18.2 Å². The maximum absolute atomic E-state index is 11.9. The maximum atomic E-state index is 11.9. The number of carbonyl (C=O) groups excluding carboxylic acids is 1. The predicted octanol–water partition coefficient (Wildman–Crippen LogP) is 1.58. The van der Waals surface area contributed by atoms with Crippen molar-refractivity contribution in [2.45, 2.75) is 13.3 Å². The minimum Gasteiger partial charge on any atom is -0.454 e. The Bertz CT molecular complexity index is 403. The molecule has 86 valence electrons. The number of Topliss-reactive ketones (excluding diaryl/α,β-unsaturated/α-hetero) is 1. The van der Waals surface area contributed by atoms with E-state index in [1.165, 1.54) is 0 Å². The van der Waals surface area contributed by atoms with E-state index in [-0.39, 0.29) is 18.5 Å². The molecule has 0 aromatic heterocycles. The van der Waals surface area contributed by atoms with Crippen molar-refractivity contribution in [1.29, 1.82) is 0 Å². The SMILES string of the molecule is CC(CN)CC(=O)c1ccc2c(c1)OCO2. The average Bonchev–Trinajstić information content (AvgIpc) is 2.75. The van der Waals surface area contributed by atoms with Gasteiger partial charge in [-0.15, -0.1) is 0 Å². The van der Waals surface area contributed by atoms with Crippen LogP contribution < -0.4 is 15.2 Å². The van der Waals surface area contributed by atoms with Crippen LogP contribution in [0.3, 0.4) is 0 Å². The van der Waals surface area contributed by atoms with E-state index in [2.05, 4.69) is 0 Å². The quantitative estimate of drug-likeness (QED) is 0.784. The van der Waals surface area contributed by atoms with Crippen molar-refractivity contribution >= 4 is 5.78 Å². The van der Waals surface area contributed by atoms with E-state index in [9.17, 15) is 4.79 Å². The molecule has 0 amide bonds. The second-order valence-electron chi connectivity index (χ2n) is 4.04. The zero-order valence-corrected chi connectivity index (χ0v) is 9.23. The van der Waals surface area contributed by atoms with Crippen LogP contribution in [-0.2, 0) is 0 Å². The van der Waals surface area contributed by atoms with Gasteiger partial charge < -0.3 is 15.2 Å². The summed E-state index contributed by atoms with van der Waals surface area (Å²) in [4.78, 5) is 11.9. The third kappa shape index (κ3) is 2.17. The molecule has 1 aromatic rings. The molecule has 0 saturated heterocycles. The van der Waals surface area contributed by atoms with Gasteiger partial charge in [-0.1, -0.05) is 6.92 Å². The number of ketones is 1. The van der Waals surface area contributed by atoms with Crippen LogP contribution in [-0.4, -0.2) is 19.1 Å².